The second-order valence-corrected chi connectivity index (χ2v) is 5.75. The van der Waals surface area contributed by atoms with Crippen LogP contribution in [0.4, 0.5) is 11.6 Å². The van der Waals surface area contributed by atoms with Crippen molar-refractivity contribution in [2.45, 2.75) is 13.5 Å². The maximum absolute atomic E-state index is 12.5. The van der Waals surface area contributed by atoms with Crippen LogP contribution in [0.2, 0.25) is 0 Å². The molecule has 6 nitrogen and oxygen atoms in total. The first-order valence-electron chi connectivity index (χ1n) is 7.92. The van der Waals surface area contributed by atoms with Crippen LogP contribution in [0.25, 0.3) is 0 Å². The summed E-state index contributed by atoms with van der Waals surface area (Å²) in [6.45, 7) is 2.49. The van der Waals surface area contributed by atoms with E-state index in [1.807, 2.05) is 43.3 Å². The Morgan fingerprint density at radius 3 is 2.48 bits per heavy atom. The number of nitrogens with zero attached hydrogens (tertiary/aromatic N) is 4. The minimum atomic E-state index is -0.123. The van der Waals surface area contributed by atoms with Gasteiger partial charge in [-0.3, -0.25) is 9.78 Å². The second kappa shape index (κ2) is 7.53. The predicted molar refractivity (Wildman–Crippen MR) is 96.5 cm³/mol. The molecule has 126 valence electrons. The summed E-state index contributed by atoms with van der Waals surface area (Å²) in [5.41, 5.74) is 3.47. The average molecular weight is 333 g/mol. The lowest BCUT2D eigenvalue weighted by Gasteiger charge is -2.18. The second-order valence-electron chi connectivity index (χ2n) is 5.75. The lowest BCUT2D eigenvalue weighted by atomic mass is 10.1. The van der Waals surface area contributed by atoms with Crippen LogP contribution in [0, 0.1) is 6.92 Å². The summed E-state index contributed by atoms with van der Waals surface area (Å²) >= 11 is 0. The van der Waals surface area contributed by atoms with Gasteiger partial charge in [-0.15, -0.1) is 0 Å². The third kappa shape index (κ3) is 4.17. The number of hydrogen-bond donors (Lipinski definition) is 1. The third-order valence-electron chi connectivity index (χ3n) is 3.82. The van der Waals surface area contributed by atoms with Gasteiger partial charge in [0.15, 0.2) is 0 Å². The molecule has 3 aromatic rings. The van der Waals surface area contributed by atoms with Crippen LogP contribution < -0.4 is 5.32 Å². The Labute approximate surface area is 146 Å². The van der Waals surface area contributed by atoms with Gasteiger partial charge in [0.25, 0.3) is 5.91 Å². The molecular weight excluding hydrogens is 314 g/mol. The molecule has 0 saturated heterocycles. The smallest absolute Gasteiger partial charge is 0.257 e. The number of hydrogen-bond acceptors (Lipinski definition) is 5. The zero-order valence-corrected chi connectivity index (χ0v) is 14.2. The van der Waals surface area contributed by atoms with Gasteiger partial charge < -0.3 is 10.2 Å². The molecule has 0 bridgehead atoms. The van der Waals surface area contributed by atoms with Gasteiger partial charge in [0.1, 0.15) is 0 Å². The zero-order chi connectivity index (χ0) is 17.6. The molecule has 0 saturated carbocycles. The summed E-state index contributed by atoms with van der Waals surface area (Å²) in [6, 6.07) is 11.6. The molecule has 25 heavy (non-hydrogen) atoms. The van der Waals surface area contributed by atoms with Crippen LogP contribution in [-0.4, -0.2) is 32.8 Å². The minimum absolute atomic E-state index is 0.123. The van der Waals surface area contributed by atoms with E-state index >= 15 is 0 Å². The van der Waals surface area contributed by atoms with Gasteiger partial charge in [-0.2, -0.15) is 0 Å². The SMILES string of the molecule is Cc1cnccc1CN(C)C(=O)c1cnc(Nc2ccccc2)nc1. The zero-order valence-electron chi connectivity index (χ0n) is 14.2. The third-order valence-corrected chi connectivity index (χ3v) is 3.82. The number of anilines is 2. The Hall–Kier alpha value is -3.28. The van der Waals surface area contributed by atoms with E-state index in [0.717, 1.165) is 16.8 Å². The largest absolute Gasteiger partial charge is 0.337 e. The standard InChI is InChI=1S/C19H19N5O/c1-14-10-20-9-8-15(14)13-24(2)18(25)16-11-21-19(22-12-16)23-17-6-4-3-5-7-17/h3-12H,13H2,1-2H3,(H,21,22,23). The fourth-order valence-electron chi connectivity index (χ4n) is 2.38. The maximum Gasteiger partial charge on any atom is 0.257 e. The lowest BCUT2D eigenvalue weighted by molar-refractivity contribution is 0.0784. The number of rotatable bonds is 5. The number of carbonyl (C=O) groups excluding carboxylic acids is 1. The molecule has 2 heterocycles. The van der Waals surface area contributed by atoms with Crippen LogP contribution in [0.3, 0.4) is 0 Å². The van der Waals surface area contributed by atoms with Gasteiger partial charge in [-0.1, -0.05) is 18.2 Å². The highest BCUT2D eigenvalue weighted by Gasteiger charge is 2.14. The molecule has 1 amide bonds. The van der Waals surface area contributed by atoms with E-state index in [4.69, 9.17) is 0 Å². The van der Waals surface area contributed by atoms with Gasteiger partial charge >= 0.3 is 0 Å². The van der Waals surface area contributed by atoms with Crippen LogP contribution in [0.1, 0.15) is 21.5 Å². The summed E-state index contributed by atoms with van der Waals surface area (Å²) < 4.78 is 0. The molecule has 6 heteroatoms. The maximum atomic E-state index is 12.5. The van der Waals surface area contributed by atoms with Crippen molar-refractivity contribution in [1.29, 1.82) is 0 Å². The molecule has 0 unspecified atom stereocenters. The van der Waals surface area contributed by atoms with Crippen molar-refractivity contribution in [2.24, 2.45) is 0 Å². The van der Waals surface area contributed by atoms with Crippen molar-refractivity contribution in [3.63, 3.8) is 0 Å². The summed E-state index contributed by atoms with van der Waals surface area (Å²) in [6.07, 6.45) is 6.60. The number of carbonyl (C=O) groups is 1. The Morgan fingerprint density at radius 1 is 1.08 bits per heavy atom. The van der Waals surface area contributed by atoms with Crippen molar-refractivity contribution in [2.75, 3.05) is 12.4 Å². The fraction of sp³-hybridized carbons (Fsp3) is 0.158. The first kappa shape index (κ1) is 16.6. The van der Waals surface area contributed by atoms with E-state index in [9.17, 15) is 4.79 Å². The number of aryl methyl sites for hydroxylation is 1. The van der Waals surface area contributed by atoms with Crippen molar-refractivity contribution >= 4 is 17.5 Å². The molecule has 1 aromatic carbocycles. The van der Waals surface area contributed by atoms with Crippen LogP contribution in [0.5, 0.6) is 0 Å². The normalized spacial score (nSPS) is 10.3. The topological polar surface area (TPSA) is 71.0 Å². The molecule has 3 rings (SSSR count). The monoisotopic (exact) mass is 333 g/mol. The van der Waals surface area contributed by atoms with Gasteiger partial charge in [0, 0.05) is 44.1 Å². The van der Waals surface area contributed by atoms with Crippen LogP contribution in [0.15, 0.2) is 61.2 Å². The number of para-hydroxylation sites is 1. The van der Waals surface area contributed by atoms with Gasteiger partial charge in [0.2, 0.25) is 5.95 Å². The molecule has 0 aliphatic heterocycles. The van der Waals surface area contributed by atoms with E-state index in [0.29, 0.717) is 18.1 Å². The highest BCUT2D eigenvalue weighted by atomic mass is 16.2. The van der Waals surface area contributed by atoms with Crippen molar-refractivity contribution in [3.8, 4) is 0 Å². The summed E-state index contributed by atoms with van der Waals surface area (Å²) in [7, 11) is 1.76. The quantitative estimate of drug-likeness (QED) is 0.776. The van der Waals surface area contributed by atoms with Crippen LogP contribution >= 0.6 is 0 Å². The fourth-order valence-corrected chi connectivity index (χ4v) is 2.38. The van der Waals surface area contributed by atoms with E-state index in [2.05, 4.69) is 20.3 Å². The first-order valence-corrected chi connectivity index (χ1v) is 7.92. The van der Waals surface area contributed by atoms with Gasteiger partial charge in [-0.05, 0) is 36.2 Å². The summed E-state index contributed by atoms with van der Waals surface area (Å²) in [5.74, 6) is 0.331. The first-order chi connectivity index (χ1) is 12.1. The van der Waals surface area contributed by atoms with Crippen molar-refractivity contribution in [1.82, 2.24) is 19.9 Å². The number of benzene rings is 1. The molecule has 2 aromatic heterocycles. The van der Waals surface area contributed by atoms with Crippen LogP contribution in [-0.2, 0) is 6.54 Å². The van der Waals surface area contributed by atoms with E-state index < -0.39 is 0 Å². The molecule has 0 aliphatic rings. The highest BCUT2D eigenvalue weighted by molar-refractivity contribution is 5.93. The molecular formula is C19H19N5O. The number of aromatic nitrogens is 3. The molecule has 0 spiro atoms. The van der Waals surface area contributed by atoms with Gasteiger partial charge in [0.05, 0.1) is 5.56 Å². The van der Waals surface area contributed by atoms with Crippen molar-refractivity contribution in [3.05, 3.63) is 77.9 Å². The molecule has 0 atom stereocenters. The summed E-state index contributed by atoms with van der Waals surface area (Å²) in [5, 5.41) is 3.09. The van der Waals surface area contributed by atoms with Gasteiger partial charge in [-0.25, -0.2) is 9.97 Å². The molecule has 0 fully saturated rings. The molecule has 0 aliphatic carbocycles. The predicted octanol–water partition coefficient (Wildman–Crippen LogP) is 3.20. The number of amides is 1. The van der Waals surface area contributed by atoms with E-state index in [-0.39, 0.29) is 5.91 Å². The Morgan fingerprint density at radius 2 is 1.80 bits per heavy atom. The average Bonchev–Trinajstić information content (AvgIpc) is 2.64. The Balaban J connectivity index is 1.67. The number of nitrogens with one attached hydrogen (secondary N) is 1. The number of pyridine rings is 1. The molecule has 0 radical (unpaired) electrons. The molecule has 1 N–H and O–H groups in total. The Kier molecular flexibility index (Phi) is 4.99. The highest BCUT2D eigenvalue weighted by Crippen LogP contribution is 2.13. The van der Waals surface area contributed by atoms with E-state index in [1.54, 1.807) is 24.3 Å². The minimum Gasteiger partial charge on any atom is -0.337 e. The lowest BCUT2D eigenvalue weighted by Crippen LogP contribution is -2.26. The van der Waals surface area contributed by atoms with Crippen molar-refractivity contribution < 1.29 is 4.79 Å². The van der Waals surface area contributed by atoms with E-state index in [1.165, 1.54) is 12.4 Å². The summed E-state index contributed by atoms with van der Waals surface area (Å²) in [4.78, 5) is 26.7. The Bertz CT molecular complexity index is 849.